The van der Waals surface area contributed by atoms with Crippen LogP contribution in [0, 0.1) is 0 Å². The summed E-state index contributed by atoms with van der Waals surface area (Å²) in [5, 5.41) is 7.82. The molecule has 7 heteroatoms. The number of fused-ring (bicyclic) bond motifs is 1. The van der Waals surface area contributed by atoms with Crippen molar-refractivity contribution >= 4 is 34.1 Å². The number of ether oxygens (including phenoxy) is 2. The molecule has 0 fully saturated rings. The molecule has 0 saturated carbocycles. The van der Waals surface area contributed by atoms with Crippen LogP contribution in [0.25, 0.3) is 10.8 Å². The highest BCUT2D eigenvalue weighted by Crippen LogP contribution is 2.35. The zero-order valence-corrected chi connectivity index (χ0v) is 19.0. The van der Waals surface area contributed by atoms with E-state index < -0.39 is 11.7 Å². The zero-order chi connectivity index (χ0) is 22.6. The van der Waals surface area contributed by atoms with Gasteiger partial charge in [0, 0.05) is 28.7 Å². The van der Waals surface area contributed by atoms with Crippen LogP contribution < -0.4 is 21.5 Å². The maximum Gasteiger partial charge on any atom is 0.412 e. The van der Waals surface area contributed by atoms with Gasteiger partial charge in [0.1, 0.15) is 22.9 Å². The van der Waals surface area contributed by atoms with Gasteiger partial charge in [-0.2, -0.15) is 0 Å². The number of hydrogen-bond donors (Lipinski definition) is 3. The predicted molar refractivity (Wildman–Crippen MR) is 133 cm³/mol. The van der Waals surface area contributed by atoms with Gasteiger partial charge in [0.15, 0.2) is 0 Å². The summed E-state index contributed by atoms with van der Waals surface area (Å²) in [5.74, 6) is 2.00. The van der Waals surface area contributed by atoms with Gasteiger partial charge in [-0.3, -0.25) is 5.32 Å². The van der Waals surface area contributed by atoms with Gasteiger partial charge in [0.05, 0.1) is 5.69 Å². The first kappa shape index (κ1) is 23.6. The van der Waals surface area contributed by atoms with Crippen molar-refractivity contribution < 1.29 is 14.3 Å². The van der Waals surface area contributed by atoms with Gasteiger partial charge in [0.2, 0.25) is 0 Å². The van der Waals surface area contributed by atoms with E-state index in [1.165, 1.54) is 0 Å². The Kier molecular flexibility index (Phi) is 7.15. The third kappa shape index (κ3) is 6.21. The first-order chi connectivity index (χ1) is 15.4. The van der Waals surface area contributed by atoms with Gasteiger partial charge in [-0.1, -0.05) is 42.5 Å². The molecular formula is C26H28N4O3. The molecule has 0 aliphatic carbocycles. The number of aromatic nitrogens is 1. The number of rotatable bonds is 5. The van der Waals surface area contributed by atoms with Crippen molar-refractivity contribution in [3.05, 3.63) is 85.1 Å². The summed E-state index contributed by atoms with van der Waals surface area (Å²) < 4.78 is 11.6. The summed E-state index contributed by atoms with van der Waals surface area (Å²) >= 11 is 0. The Hall–Kier alpha value is -4.10. The fourth-order valence-electron chi connectivity index (χ4n) is 3.22. The molecule has 3 aromatic carbocycles. The number of nitrogens with zero attached hydrogens (tertiary/aromatic N) is 1. The molecule has 4 aromatic rings. The summed E-state index contributed by atoms with van der Waals surface area (Å²) in [4.78, 5) is 16.6. The van der Waals surface area contributed by atoms with Gasteiger partial charge >= 0.3 is 6.09 Å². The molecule has 5 N–H and O–H groups in total. The Bertz CT molecular complexity index is 1240. The second-order valence-corrected chi connectivity index (χ2v) is 8.25. The third-order valence-corrected chi connectivity index (χ3v) is 4.53. The molecule has 0 aliphatic rings. The van der Waals surface area contributed by atoms with E-state index in [-0.39, 0.29) is 6.15 Å². The average Bonchev–Trinajstić information content (AvgIpc) is 2.75. The number of nitrogens with one attached hydrogen (secondary N) is 2. The summed E-state index contributed by atoms with van der Waals surface area (Å²) in [6.07, 6.45) is 1.20. The third-order valence-electron chi connectivity index (χ3n) is 4.53. The van der Waals surface area contributed by atoms with E-state index in [9.17, 15) is 4.79 Å². The average molecular weight is 445 g/mol. The smallest absolute Gasteiger partial charge is 0.412 e. The van der Waals surface area contributed by atoms with E-state index in [1.54, 1.807) is 12.3 Å². The fourth-order valence-corrected chi connectivity index (χ4v) is 3.22. The van der Waals surface area contributed by atoms with Gasteiger partial charge in [0.25, 0.3) is 0 Å². The summed E-state index contributed by atoms with van der Waals surface area (Å²) in [6, 6.07) is 24.9. The van der Waals surface area contributed by atoms with Gasteiger partial charge in [-0.15, -0.1) is 0 Å². The topological polar surface area (TPSA) is 107 Å². The number of pyridine rings is 1. The summed E-state index contributed by atoms with van der Waals surface area (Å²) in [7, 11) is 0. The van der Waals surface area contributed by atoms with Crippen molar-refractivity contribution in [2.75, 3.05) is 10.6 Å². The van der Waals surface area contributed by atoms with Crippen molar-refractivity contribution in [2.45, 2.75) is 26.4 Å². The molecule has 7 nitrogen and oxygen atoms in total. The van der Waals surface area contributed by atoms with Crippen LogP contribution in [-0.4, -0.2) is 16.7 Å². The molecule has 0 unspecified atom stereocenters. The van der Waals surface area contributed by atoms with Crippen LogP contribution in [0.4, 0.5) is 22.0 Å². The SMILES string of the molecule is CC(C)(C)OC(=O)Nc1ccc(Oc2ccnc(Nc3ccccc3)c2)c2ccccc12.N. The van der Waals surface area contributed by atoms with E-state index in [0.29, 0.717) is 23.0 Å². The Morgan fingerprint density at radius 1 is 0.879 bits per heavy atom. The van der Waals surface area contributed by atoms with Crippen LogP contribution in [0.3, 0.4) is 0 Å². The van der Waals surface area contributed by atoms with Crippen LogP contribution in [0.1, 0.15) is 20.8 Å². The van der Waals surface area contributed by atoms with Crippen LogP contribution >= 0.6 is 0 Å². The van der Waals surface area contributed by atoms with E-state index >= 15 is 0 Å². The normalized spacial score (nSPS) is 10.8. The lowest BCUT2D eigenvalue weighted by atomic mass is 10.1. The molecule has 0 saturated heterocycles. The molecule has 0 bridgehead atoms. The number of para-hydroxylation sites is 1. The Morgan fingerprint density at radius 2 is 1.58 bits per heavy atom. The lowest BCUT2D eigenvalue weighted by Crippen LogP contribution is -2.27. The number of anilines is 3. The molecule has 1 aromatic heterocycles. The minimum atomic E-state index is -0.574. The first-order valence-electron chi connectivity index (χ1n) is 10.4. The molecule has 170 valence electrons. The van der Waals surface area contributed by atoms with Crippen molar-refractivity contribution in [3.8, 4) is 11.5 Å². The van der Waals surface area contributed by atoms with E-state index in [0.717, 1.165) is 16.5 Å². The van der Waals surface area contributed by atoms with E-state index in [2.05, 4.69) is 15.6 Å². The molecule has 0 atom stereocenters. The van der Waals surface area contributed by atoms with Gasteiger partial charge in [-0.25, -0.2) is 9.78 Å². The second-order valence-electron chi connectivity index (χ2n) is 8.25. The standard InChI is InChI=1S/C26H25N3O3.H3N/c1-26(2,3)32-25(30)29-22-13-14-23(21-12-8-7-11-20(21)22)31-19-15-16-27-24(17-19)28-18-9-5-4-6-10-18;/h4-17H,1-3H3,(H,27,28)(H,29,30);1H3. The maximum absolute atomic E-state index is 12.3. The molecular weight excluding hydrogens is 416 g/mol. The fraction of sp³-hybridized carbons (Fsp3) is 0.154. The number of benzene rings is 3. The maximum atomic E-state index is 12.3. The molecule has 0 spiro atoms. The van der Waals surface area contributed by atoms with Crippen molar-refractivity contribution in [1.82, 2.24) is 11.1 Å². The minimum Gasteiger partial charge on any atom is -0.457 e. The van der Waals surface area contributed by atoms with Gasteiger partial charge < -0.3 is 20.9 Å². The van der Waals surface area contributed by atoms with Gasteiger partial charge in [-0.05, 0) is 51.1 Å². The molecule has 1 heterocycles. The van der Waals surface area contributed by atoms with Crippen LogP contribution in [0.15, 0.2) is 85.1 Å². The lowest BCUT2D eigenvalue weighted by Gasteiger charge is -2.20. The van der Waals surface area contributed by atoms with Crippen molar-refractivity contribution in [1.29, 1.82) is 0 Å². The number of carbonyl (C=O) groups excluding carboxylic acids is 1. The van der Waals surface area contributed by atoms with Crippen LogP contribution in [0.5, 0.6) is 11.5 Å². The lowest BCUT2D eigenvalue weighted by molar-refractivity contribution is 0.0636. The minimum absolute atomic E-state index is 0. The van der Waals surface area contributed by atoms with E-state index in [1.807, 2.05) is 93.6 Å². The highest BCUT2D eigenvalue weighted by atomic mass is 16.6. The van der Waals surface area contributed by atoms with Crippen molar-refractivity contribution in [3.63, 3.8) is 0 Å². The molecule has 0 radical (unpaired) electrons. The quantitative estimate of drug-likeness (QED) is 0.298. The van der Waals surface area contributed by atoms with Crippen LogP contribution in [-0.2, 0) is 4.74 Å². The van der Waals surface area contributed by atoms with Crippen molar-refractivity contribution in [2.24, 2.45) is 0 Å². The Labute approximate surface area is 193 Å². The Morgan fingerprint density at radius 3 is 2.30 bits per heavy atom. The predicted octanol–water partition coefficient (Wildman–Crippen LogP) is 7.28. The monoisotopic (exact) mass is 444 g/mol. The molecule has 1 amide bonds. The van der Waals surface area contributed by atoms with Crippen LogP contribution in [0.2, 0.25) is 0 Å². The number of hydrogen-bond acceptors (Lipinski definition) is 6. The zero-order valence-electron chi connectivity index (χ0n) is 19.0. The highest BCUT2D eigenvalue weighted by molar-refractivity contribution is 6.02. The Balaban J connectivity index is 0.00000306. The molecule has 4 rings (SSSR count). The number of carbonyl (C=O) groups is 1. The highest BCUT2D eigenvalue weighted by Gasteiger charge is 2.17. The molecule has 33 heavy (non-hydrogen) atoms. The summed E-state index contributed by atoms with van der Waals surface area (Å²) in [6.45, 7) is 5.49. The summed E-state index contributed by atoms with van der Waals surface area (Å²) in [5.41, 5.74) is 1.03. The number of amides is 1. The second kappa shape index (κ2) is 10.0. The van der Waals surface area contributed by atoms with E-state index in [4.69, 9.17) is 9.47 Å². The molecule has 0 aliphatic heterocycles. The first-order valence-corrected chi connectivity index (χ1v) is 10.4. The largest absolute Gasteiger partial charge is 0.457 e.